The van der Waals surface area contributed by atoms with Crippen molar-refractivity contribution in [1.29, 1.82) is 0 Å². The number of hydrogen-bond donors (Lipinski definition) is 4. The highest BCUT2D eigenvalue weighted by atomic mass is 16.5. The third-order valence-corrected chi connectivity index (χ3v) is 8.69. The lowest BCUT2D eigenvalue weighted by atomic mass is 9.99. The normalized spacial score (nSPS) is 20.1. The van der Waals surface area contributed by atoms with Gasteiger partial charge in [-0.15, -0.1) is 0 Å². The Morgan fingerprint density at radius 1 is 1.00 bits per heavy atom. The number of imidazole rings is 2. The van der Waals surface area contributed by atoms with Gasteiger partial charge in [0.25, 0.3) is 0 Å². The van der Waals surface area contributed by atoms with E-state index in [4.69, 9.17) is 15.5 Å². The minimum absolute atomic E-state index is 0.0109. The molecule has 3 atom stereocenters. The molecule has 7 rings (SSSR count). The van der Waals surface area contributed by atoms with Gasteiger partial charge in [-0.3, -0.25) is 4.79 Å². The molecule has 2 aromatic heterocycles. The molecule has 0 radical (unpaired) electrons. The lowest BCUT2D eigenvalue weighted by Crippen LogP contribution is -2.46. The Balaban J connectivity index is 1.13. The Morgan fingerprint density at radius 3 is 2.55 bits per heavy atom. The van der Waals surface area contributed by atoms with Crippen LogP contribution < -0.4 is 11.1 Å². The average molecular weight is 564 g/mol. The first-order valence-electron chi connectivity index (χ1n) is 14.9. The van der Waals surface area contributed by atoms with Gasteiger partial charge in [0.2, 0.25) is 5.91 Å². The first-order chi connectivity index (χ1) is 20.4. The van der Waals surface area contributed by atoms with Crippen LogP contribution in [0.5, 0.6) is 0 Å². The molecule has 1 amide bonds. The number of hydrogen-bond acceptors (Lipinski definition) is 6. The van der Waals surface area contributed by atoms with Gasteiger partial charge in [-0.1, -0.05) is 44.2 Å². The van der Waals surface area contributed by atoms with E-state index in [2.05, 4.69) is 74.9 Å². The summed E-state index contributed by atoms with van der Waals surface area (Å²) in [6, 6.07) is 18.9. The van der Waals surface area contributed by atoms with Crippen LogP contribution in [0.1, 0.15) is 50.4 Å². The maximum Gasteiger partial charge on any atom is 0.240 e. The van der Waals surface area contributed by atoms with Crippen LogP contribution in [0, 0.1) is 5.92 Å². The molecule has 0 spiro atoms. The molecule has 2 aliphatic heterocycles. The Hall–Kier alpha value is -4.05. The zero-order chi connectivity index (χ0) is 28.8. The highest BCUT2D eigenvalue weighted by molar-refractivity contribution is 5.92. The predicted molar refractivity (Wildman–Crippen MR) is 165 cm³/mol. The van der Waals surface area contributed by atoms with Crippen molar-refractivity contribution in [2.75, 3.05) is 26.3 Å². The van der Waals surface area contributed by atoms with Crippen molar-refractivity contribution in [2.24, 2.45) is 11.7 Å². The summed E-state index contributed by atoms with van der Waals surface area (Å²) in [6.07, 6.45) is 3.74. The van der Waals surface area contributed by atoms with Gasteiger partial charge < -0.3 is 30.7 Å². The number of aromatic amines is 2. The van der Waals surface area contributed by atoms with E-state index in [0.717, 1.165) is 77.6 Å². The van der Waals surface area contributed by atoms with Gasteiger partial charge in [-0.25, -0.2) is 9.97 Å². The fraction of sp³-hybridized carbons (Fsp3) is 0.364. The molecule has 2 fully saturated rings. The number of aromatic nitrogens is 4. The van der Waals surface area contributed by atoms with E-state index in [-0.39, 0.29) is 23.9 Å². The maximum absolute atomic E-state index is 13.0. The summed E-state index contributed by atoms with van der Waals surface area (Å²) < 4.78 is 5.59. The van der Waals surface area contributed by atoms with Gasteiger partial charge in [0.15, 0.2) is 0 Å². The molecular weight excluding hydrogens is 526 g/mol. The Bertz CT molecular complexity index is 1750. The molecule has 216 valence electrons. The van der Waals surface area contributed by atoms with Gasteiger partial charge in [0.1, 0.15) is 11.6 Å². The summed E-state index contributed by atoms with van der Waals surface area (Å²) in [7, 11) is 0. The fourth-order valence-electron chi connectivity index (χ4n) is 6.15. The van der Waals surface area contributed by atoms with Crippen molar-refractivity contribution in [3.05, 3.63) is 72.4 Å². The van der Waals surface area contributed by atoms with Gasteiger partial charge in [0, 0.05) is 18.7 Å². The number of carbonyl (C=O) groups is 1. The fourth-order valence-corrected chi connectivity index (χ4v) is 6.15. The van der Waals surface area contributed by atoms with Crippen LogP contribution in [-0.4, -0.2) is 63.1 Å². The van der Waals surface area contributed by atoms with Gasteiger partial charge in [-0.2, -0.15) is 0 Å². The second-order valence-corrected chi connectivity index (χ2v) is 11.9. The van der Waals surface area contributed by atoms with Crippen molar-refractivity contribution in [1.82, 2.24) is 30.2 Å². The molecule has 0 unspecified atom stereocenters. The SMILES string of the molecule is CC(C)[C@H](N)C(=O)N1CCC[C@H]1c1nc2ccc(-c3ccc4cc(-c5cnc([C@@H]6COCCN6)[nH]5)ccc4c3)cc2[nH]1. The minimum atomic E-state index is -0.489. The van der Waals surface area contributed by atoms with Crippen molar-refractivity contribution >= 4 is 27.7 Å². The van der Waals surface area contributed by atoms with E-state index in [1.165, 1.54) is 10.8 Å². The second kappa shape index (κ2) is 11.0. The smallest absolute Gasteiger partial charge is 0.240 e. The van der Waals surface area contributed by atoms with Crippen LogP contribution in [0.3, 0.4) is 0 Å². The lowest BCUT2D eigenvalue weighted by Gasteiger charge is -2.27. The molecule has 42 heavy (non-hydrogen) atoms. The van der Waals surface area contributed by atoms with Crippen LogP contribution >= 0.6 is 0 Å². The molecule has 2 aliphatic rings. The monoisotopic (exact) mass is 563 g/mol. The Labute approximate surface area is 244 Å². The van der Waals surface area contributed by atoms with Crippen molar-refractivity contribution in [3.8, 4) is 22.4 Å². The number of ether oxygens (including phenoxy) is 1. The number of amides is 1. The number of H-pyrrole nitrogens is 2. The first kappa shape index (κ1) is 26.8. The number of nitrogens with one attached hydrogen (secondary N) is 3. The summed E-state index contributed by atoms with van der Waals surface area (Å²) in [6.45, 7) is 6.90. The van der Waals surface area contributed by atoms with Crippen molar-refractivity contribution in [2.45, 2.75) is 44.8 Å². The molecule has 9 heteroatoms. The Kier molecular flexibility index (Phi) is 7.01. The van der Waals surface area contributed by atoms with Crippen LogP contribution in [0.2, 0.25) is 0 Å². The number of benzene rings is 3. The van der Waals surface area contributed by atoms with E-state index in [0.29, 0.717) is 6.61 Å². The zero-order valence-electron chi connectivity index (χ0n) is 24.1. The molecule has 9 nitrogen and oxygen atoms in total. The van der Waals surface area contributed by atoms with E-state index < -0.39 is 6.04 Å². The van der Waals surface area contributed by atoms with Crippen LogP contribution in [0.25, 0.3) is 44.2 Å². The summed E-state index contributed by atoms with van der Waals surface area (Å²) >= 11 is 0. The van der Waals surface area contributed by atoms with E-state index in [1.807, 2.05) is 24.9 Å². The first-order valence-corrected chi connectivity index (χ1v) is 14.9. The number of nitrogens with zero attached hydrogens (tertiary/aromatic N) is 3. The molecule has 0 aliphatic carbocycles. The van der Waals surface area contributed by atoms with E-state index >= 15 is 0 Å². The molecule has 5 aromatic rings. The standard InChI is InChI=1S/C33H37N7O2/c1-19(2)30(34)33(41)40-12-3-4-29(40)32-37-25-10-9-23(16-26(25)38-32)21-5-6-22-15-24(8-7-20(22)14-21)27-17-36-31(39-27)28-18-42-13-11-35-28/h5-10,14-17,19,28-30,35H,3-4,11-13,18,34H2,1-2H3,(H,36,39)(H,37,38)/t28-,29-,30-/m0/s1. The number of nitrogens with two attached hydrogens (primary N) is 1. The third kappa shape index (κ3) is 4.98. The summed E-state index contributed by atoms with van der Waals surface area (Å²) in [5.41, 5.74) is 12.4. The summed E-state index contributed by atoms with van der Waals surface area (Å²) in [5.74, 6) is 1.85. The molecule has 2 saturated heterocycles. The Morgan fingerprint density at radius 2 is 1.76 bits per heavy atom. The zero-order valence-corrected chi connectivity index (χ0v) is 24.1. The number of carbonyl (C=O) groups excluding carboxylic acids is 1. The lowest BCUT2D eigenvalue weighted by molar-refractivity contribution is -0.134. The van der Waals surface area contributed by atoms with Gasteiger partial charge in [-0.05, 0) is 64.9 Å². The highest BCUT2D eigenvalue weighted by Crippen LogP contribution is 2.34. The molecule has 3 aromatic carbocycles. The highest BCUT2D eigenvalue weighted by Gasteiger charge is 2.35. The second-order valence-electron chi connectivity index (χ2n) is 11.9. The van der Waals surface area contributed by atoms with Crippen LogP contribution in [0.4, 0.5) is 0 Å². The molecular formula is C33H37N7O2. The van der Waals surface area contributed by atoms with E-state index in [9.17, 15) is 4.79 Å². The minimum Gasteiger partial charge on any atom is -0.378 e. The predicted octanol–water partition coefficient (Wildman–Crippen LogP) is 5.08. The number of likely N-dealkylation sites (tertiary alicyclic amines) is 1. The summed E-state index contributed by atoms with van der Waals surface area (Å²) in [4.78, 5) is 31.4. The number of fused-ring (bicyclic) bond motifs is 2. The van der Waals surface area contributed by atoms with Crippen molar-refractivity contribution < 1.29 is 9.53 Å². The number of rotatable bonds is 6. The largest absolute Gasteiger partial charge is 0.378 e. The number of morpholine rings is 1. The summed E-state index contributed by atoms with van der Waals surface area (Å²) in [5, 5.41) is 5.79. The quantitative estimate of drug-likeness (QED) is 0.228. The molecule has 4 heterocycles. The third-order valence-electron chi connectivity index (χ3n) is 8.69. The van der Waals surface area contributed by atoms with Gasteiger partial charge >= 0.3 is 0 Å². The van der Waals surface area contributed by atoms with Crippen molar-refractivity contribution in [3.63, 3.8) is 0 Å². The van der Waals surface area contributed by atoms with Gasteiger partial charge in [0.05, 0.1) is 54.3 Å². The van der Waals surface area contributed by atoms with E-state index in [1.54, 1.807) is 0 Å². The molecule has 0 bridgehead atoms. The van der Waals surface area contributed by atoms with Crippen LogP contribution in [0.15, 0.2) is 60.8 Å². The maximum atomic E-state index is 13.0. The molecule has 0 saturated carbocycles. The molecule has 5 N–H and O–H groups in total. The van der Waals surface area contributed by atoms with Crippen LogP contribution in [-0.2, 0) is 9.53 Å². The topological polar surface area (TPSA) is 125 Å². The average Bonchev–Trinajstić information content (AvgIpc) is 3.79.